The number of quaternary nitrogens is 1. The van der Waals surface area contributed by atoms with Crippen LogP contribution in [0.4, 0.5) is 0 Å². The van der Waals surface area contributed by atoms with E-state index in [4.69, 9.17) is 16.6 Å². The van der Waals surface area contributed by atoms with Crippen LogP contribution in [0.5, 0.6) is 0 Å². The van der Waals surface area contributed by atoms with Gasteiger partial charge >= 0.3 is 5.91 Å². The van der Waals surface area contributed by atoms with Gasteiger partial charge in [0.1, 0.15) is 18.2 Å². The minimum Gasteiger partial charge on any atom is -0.390 e. The smallest absolute Gasteiger partial charge is 0.333 e. The third-order valence-electron chi connectivity index (χ3n) is 10.4. The Labute approximate surface area is 320 Å². The molecule has 3 amide bonds. The van der Waals surface area contributed by atoms with Crippen molar-refractivity contribution in [2.24, 2.45) is 17.8 Å². The molecule has 288 valence electrons. The second-order valence-corrected chi connectivity index (χ2v) is 16.1. The van der Waals surface area contributed by atoms with Crippen LogP contribution in [0.15, 0.2) is 72.8 Å². The minimum atomic E-state index is -1.09. The Kier molecular flexibility index (Phi) is 16.5. The zero-order valence-electron chi connectivity index (χ0n) is 32.0. The molecule has 1 fully saturated rings. The maximum absolute atomic E-state index is 14.1. The fraction of sp³-hybridized carbons (Fsp3) is 0.535. The number of nitrogens with two attached hydrogens (primary N) is 1. The number of halogens is 1. The molecular formula is C43H60ClN4O5+. The van der Waals surface area contributed by atoms with Crippen molar-refractivity contribution in [1.29, 1.82) is 0 Å². The Morgan fingerprint density at radius 1 is 1.00 bits per heavy atom. The first-order valence-electron chi connectivity index (χ1n) is 19.3. The summed E-state index contributed by atoms with van der Waals surface area (Å²) in [6.07, 6.45) is 5.51. The molecule has 1 aliphatic carbocycles. The summed E-state index contributed by atoms with van der Waals surface area (Å²) in [5.41, 5.74) is 3.26. The Hall–Kier alpha value is -3.63. The molecule has 1 aliphatic rings. The number of likely N-dealkylation sites (N-methyl/N-ethyl adjacent to an activating group) is 1. The van der Waals surface area contributed by atoms with E-state index in [9.17, 15) is 24.6 Å². The number of nitrogens with one attached hydrogen (secondary N) is 1. The van der Waals surface area contributed by atoms with Crippen LogP contribution in [-0.2, 0) is 27.2 Å². The van der Waals surface area contributed by atoms with Crippen molar-refractivity contribution in [3.63, 3.8) is 0 Å². The number of aliphatic hydroxyl groups is 2. The standard InChI is InChI=1S/C43H59ClN4O5/c1-28(2)23-38(43(53)46-37(26-31-15-10-7-11-16-31)41(51)39(49)24-29(3)4)47-42(52)32(25-30-13-8-6-9-14-30)27-40(50)48(5)22-21-33-19-20-34-35(44)17-12-18-36(34)45-33/h6,8-9,12-14,17-20,29,31-32,37-39,41,49,51H,1,7,10-11,15-16,21-27H2,2-5H3,(H,46,53)(H,47,52)/p+1/t32?,37-,38?,39-,41+/m0/s1. The number of fused-ring (bicyclic) bond motifs is 1. The number of nitrogens with zero attached hydrogens (tertiary/aromatic N) is 2. The van der Waals surface area contributed by atoms with Gasteiger partial charge in [0.05, 0.1) is 17.5 Å². The van der Waals surface area contributed by atoms with E-state index in [-0.39, 0.29) is 36.5 Å². The molecule has 4 rings (SSSR count). The third-order valence-corrected chi connectivity index (χ3v) is 10.8. The lowest BCUT2D eigenvalue weighted by molar-refractivity contribution is -0.620. The van der Waals surface area contributed by atoms with Crippen LogP contribution in [0.3, 0.4) is 0 Å². The second kappa shape index (κ2) is 20.7. The maximum atomic E-state index is 14.1. The van der Waals surface area contributed by atoms with Crippen molar-refractivity contribution >= 4 is 40.2 Å². The Bertz CT molecular complexity index is 1660. The van der Waals surface area contributed by atoms with Gasteiger partial charge in [0.15, 0.2) is 0 Å². The first-order valence-corrected chi connectivity index (χ1v) is 19.7. The van der Waals surface area contributed by atoms with E-state index in [1.165, 1.54) is 11.7 Å². The largest absolute Gasteiger partial charge is 0.390 e. The number of hydrogen-bond donors (Lipinski definition) is 4. The summed E-state index contributed by atoms with van der Waals surface area (Å²) >= 11 is 6.31. The fourth-order valence-corrected chi connectivity index (χ4v) is 7.67. The molecular weight excluding hydrogens is 688 g/mol. The first-order chi connectivity index (χ1) is 25.3. The molecule has 10 heteroatoms. The number of amides is 3. The monoisotopic (exact) mass is 747 g/mol. The molecule has 9 nitrogen and oxygen atoms in total. The molecule has 2 unspecified atom stereocenters. The fourth-order valence-electron chi connectivity index (χ4n) is 7.44. The van der Waals surface area contributed by atoms with Crippen molar-refractivity contribution in [2.75, 3.05) is 13.6 Å². The van der Waals surface area contributed by atoms with Crippen LogP contribution in [0.2, 0.25) is 5.02 Å². The molecule has 2 aromatic carbocycles. The molecule has 0 radical (unpaired) electrons. The van der Waals surface area contributed by atoms with Gasteiger partial charge in [-0.3, -0.25) is 19.9 Å². The van der Waals surface area contributed by atoms with Crippen molar-refractivity contribution in [3.8, 4) is 0 Å². The van der Waals surface area contributed by atoms with Gasteiger partial charge in [-0.05, 0) is 61.4 Å². The molecule has 0 bridgehead atoms. The van der Waals surface area contributed by atoms with Crippen LogP contribution < -0.4 is 10.6 Å². The van der Waals surface area contributed by atoms with Crippen LogP contribution in [0.25, 0.3) is 10.9 Å². The molecule has 1 aromatic heterocycles. The van der Waals surface area contributed by atoms with Gasteiger partial charge in [-0.2, -0.15) is 0 Å². The number of carbonyl (C=O) groups excluding carboxylic acids is 3. The highest BCUT2D eigenvalue weighted by molar-refractivity contribution is 6.35. The number of rotatable bonds is 19. The third kappa shape index (κ3) is 13.3. The highest BCUT2D eigenvalue weighted by atomic mass is 35.5. The predicted octanol–water partition coefficient (Wildman–Crippen LogP) is 5.79. The number of aliphatic hydroxyl groups excluding tert-OH is 2. The summed E-state index contributed by atoms with van der Waals surface area (Å²) < 4.78 is 0. The normalized spacial score (nSPS) is 16.5. The van der Waals surface area contributed by atoms with Gasteiger partial charge < -0.3 is 20.4 Å². The van der Waals surface area contributed by atoms with E-state index in [0.29, 0.717) is 43.2 Å². The average molecular weight is 748 g/mol. The number of benzene rings is 2. The van der Waals surface area contributed by atoms with E-state index in [0.717, 1.165) is 53.4 Å². The van der Waals surface area contributed by atoms with Crippen molar-refractivity contribution < 1.29 is 29.9 Å². The molecule has 0 spiro atoms. The maximum Gasteiger partial charge on any atom is 0.333 e. The molecule has 53 heavy (non-hydrogen) atoms. The Morgan fingerprint density at radius 3 is 2.40 bits per heavy atom. The minimum absolute atomic E-state index is 0.0416. The van der Waals surface area contributed by atoms with E-state index < -0.39 is 30.2 Å². The highest BCUT2D eigenvalue weighted by Gasteiger charge is 2.37. The van der Waals surface area contributed by atoms with Crippen molar-refractivity contribution in [3.05, 3.63) is 89.1 Å². The summed E-state index contributed by atoms with van der Waals surface area (Å²) in [7, 11) is 1.73. The molecule has 1 saturated carbocycles. The van der Waals surface area contributed by atoms with Gasteiger partial charge in [0.25, 0.3) is 0 Å². The van der Waals surface area contributed by atoms with E-state index in [1.54, 1.807) is 11.9 Å². The zero-order valence-corrected chi connectivity index (χ0v) is 32.7. The van der Waals surface area contributed by atoms with Gasteiger partial charge in [-0.15, -0.1) is 6.58 Å². The lowest BCUT2D eigenvalue weighted by atomic mass is 9.82. The van der Waals surface area contributed by atoms with E-state index in [1.807, 2.05) is 81.4 Å². The predicted molar refractivity (Wildman–Crippen MR) is 211 cm³/mol. The molecule has 5 atom stereocenters. The second-order valence-electron chi connectivity index (χ2n) is 15.6. The topological polar surface area (TPSA) is 136 Å². The lowest BCUT2D eigenvalue weighted by Crippen LogP contribution is -2.98. The zero-order chi connectivity index (χ0) is 38.5. The summed E-state index contributed by atoms with van der Waals surface area (Å²) in [5.74, 6) is -1.08. The van der Waals surface area contributed by atoms with Crippen molar-refractivity contribution in [2.45, 2.75) is 116 Å². The number of hydrogen-bond acceptors (Lipinski definition) is 6. The molecule has 1 heterocycles. The van der Waals surface area contributed by atoms with E-state index in [2.05, 4.69) is 11.9 Å². The molecule has 3 aromatic rings. The molecule has 0 saturated heterocycles. The molecule has 0 aliphatic heterocycles. The first kappa shape index (κ1) is 42.1. The quantitative estimate of drug-likeness (QED) is 0.115. The number of primary amides is 1. The Balaban J connectivity index is 1.47. The van der Waals surface area contributed by atoms with Crippen LogP contribution >= 0.6 is 11.6 Å². The van der Waals surface area contributed by atoms with Gasteiger partial charge in [-0.1, -0.05) is 99.5 Å². The SMILES string of the molecule is C=C(C)CC(NC(=O)C(CC(=O)N(C)CCc1ccc2c(Cl)cccc2n1)Cc1ccccc1)C(=O)[NH2+][C@@H](CC1CCCCC1)[C@@H](O)[C@@H](O)CC(C)C. The number of aromatic nitrogens is 1. The molecule has 5 N–H and O–H groups in total. The lowest BCUT2D eigenvalue weighted by Gasteiger charge is -2.31. The number of pyridine rings is 1. The van der Waals surface area contributed by atoms with Gasteiger partial charge in [0.2, 0.25) is 11.8 Å². The summed E-state index contributed by atoms with van der Waals surface area (Å²) in [6, 6.07) is 17.5. The summed E-state index contributed by atoms with van der Waals surface area (Å²) in [5, 5.41) is 28.3. The van der Waals surface area contributed by atoms with Crippen LogP contribution in [0.1, 0.15) is 89.8 Å². The van der Waals surface area contributed by atoms with Crippen LogP contribution in [0, 0.1) is 17.8 Å². The highest BCUT2D eigenvalue weighted by Crippen LogP contribution is 2.28. The average Bonchev–Trinajstić information content (AvgIpc) is 3.13. The van der Waals surface area contributed by atoms with Crippen LogP contribution in [-0.4, -0.2) is 75.7 Å². The summed E-state index contributed by atoms with van der Waals surface area (Å²) in [4.78, 5) is 48.1. The number of carbonyl (C=O) groups is 3. The van der Waals surface area contributed by atoms with E-state index >= 15 is 0 Å². The Morgan fingerprint density at radius 2 is 1.72 bits per heavy atom. The van der Waals surface area contributed by atoms with Gasteiger partial charge in [-0.25, -0.2) is 4.79 Å². The van der Waals surface area contributed by atoms with Crippen molar-refractivity contribution in [1.82, 2.24) is 15.2 Å². The summed E-state index contributed by atoms with van der Waals surface area (Å²) in [6.45, 7) is 10.2. The van der Waals surface area contributed by atoms with Gasteiger partial charge in [0, 0.05) is 55.4 Å².